The van der Waals surface area contributed by atoms with E-state index in [0.717, 1.165) is 61.2 Å². The third-order valence-corrected chi connectivity index (χ3v) is 4.93. The van der Waals surface area contributed by atoms with Crippen LogP contribution < -0.4 is 5.32 Å². The number of halogens is 2. The van der Waals surface area contributed by atoms with E-state index in [1.165, 1.54) is 0 Å². The van der Waals surface area contributed by atoms with Gasteiger partial charge in [-0.3, -0.25) is 14.6 Å². The molecule has 0 aromatic heterocycles. The van der Waals surface area contributed by atoms with Crippen LogP contribution in [-0.2, 0) is 11.3 Å². The summed E-state index contributed by atoms with van der Waals surface area (Å²) in [4.78, 5) is 16.4. The highest BCUT2D eigenvalue weighted by Crippen LogP contribution is 2.26. The fourth-order valence-electron chi connectivity index (χ4n) is 2.72. The largest absolute Gasteiger partial charge is 0.352 e. The predicted molar refractivity (Wildman–Crippen MR) is 89.3 cm³/mol. The van der Waals surface area contributed by atoms with Crippen LogP contribution in [0.1, 0.15) is 18.4 Å². The van der Waals surface area contributed by atoms with Crippen molar-refractivity contribution in [3.63, 3.8) is 0 Å². The summed E-state index contributed by atoms with van der Waals surface area (Å²) in [6.07, 6.45) is 2.27. The van der Waals surface area contributed by atoms with Crippen LogP contribution in [-0.4, -0.2) is 54.5 Å². The number of carbonyl (C=O) groups is 1. The van der Waals surface area contributed by atoms with Gasteiger partial charge in [0.25, 0.3) is 0 Å². The van der Waals surface area contributed by atoms with Crippen LogP contribution in [0.15, 0.2) is 18.2 Å². The normalized spacial score (nSPS) is 20.1. The quantitative estimate of drug-likeness (QED) is 0.893. The molecule has 0 atom stereocenters. The Morgan fingerprint density at radius 1 is 1.09 bits per heavy atom. The number of carbonyl (C=O) groups excluding carboxylic acids is 1. The number of piperazine rings is 1. The molecule has 4 nitrogen and oxygen atoms in total. The minimum Gasteiger partial charge on any atom is -0.352 e. The third kappa shape index (κ3) is 4.35. The molecule has 1 saturated carbocycles. The zero-order valence-corrected chi connectivity index (χ0v) is 14.0. The van der Waals surface area contributed by atoms with Gasteiger partial charge in [-0.2, -0.15) is 0 Å². The third-order valence-electron chi connectivity index (χ3n) is 4.22. The van der Waals surface area contributed by atoms with Crippen LogP contribution in [0, 0.1) is 0 Å². The maximum atomic E-state index is 11.8. The van der Waals surface area contributed by atoms with Crippen molar-refractivity contribution in [2.24, 2.45) is 0 Å². The molecule has 0 radical (unpaired) electrons. The van der Waals surface area contributed by atoms with E-state index in [0.29, 0.717) is 12.6 Å². The van der Waals surface area contributed by atoms with Crippen LogP contribution in [0.2, 0.25) is 10.0 Å². The number of nitrogens with one attached hydrogen (secondary N) is 1. The predicted octanol–water partition coefficient (Wildman–Crippen LogP) is 2.39. The zero-order valence-electron chi connectivity index (χ0n) is 12.5. The maximum absolute atomic E-state index is 11.8. The molecule has 1 aliphatic heterocycles. The Balaban J connectivity index is 1.46. The van der Waals surface area contributed by atoms with Crippen molar-refractivity contribution >= 4 is 29.1 Å². The first-order valence-corrected chi connectivity index (χ1v) is 8.54. The lowest BCUT2D eigenvalue weighted by Crippen LogP contribution is -2.49. The molecule has 1 aromatic carbocycles. The van der Waals surface area contributed by atoms with Crippen molar-refractivity contribution in [1.82, 2.24) is 15.1 Å². The number of hydrogen-bond donors (Lipinski definition) is 1. The lowest BCUT2D eigenvalue weighted by molar-refractivity contribution is -0.122. The van der Waals surface area contributed by atoms with Gasteiger partial charge in [-0.05, 0) is 25.0 Å². The fourth-order valence-corrected chi connectivity index (χ4v) is 3.23. The minimum atomic E-state index is 0.157. The van der Waals surface area contributed by atoms with E-state index in [1.54, 1.807) is 0 Å². The van der Waals surface area contributed by atoms with Crippen LogP contribution >= 0.6 is 23.2 Å². The van der Waals surface area contributed by atoms with Gasteiger partial charge in [0.15, 0.2) is 0 Å². The number of rotatable bonds is 5. The Morgan fingerprint density at radius 2 is 1.68 bits per heavy atom. The van der Waals surface area contributed by atoms with Crippen molar-refractivity contribution in [2.45, 2.75) is 25.4 Å². The van der Waals surface area contributed by atoms with Crippen LogP contribution in [0.25, 0.3) is 0 Å². The average molecular weight is 342 g/mol. The van der Waals surface area contributed by atoms with Crippen molar-refractivity contribution in [3.8, 4) is 0 Å². The van der Waals surface area contributed by atoms with Gasteiger partial charge in [-0.25, -0.2) is 0 Å². The molecule has 1 N–H and O–H groups in total. The van der Waals surface area contributed by atoms with Crippen LogP contribution in [0.3, 0.4) is 0 Å². The summed E-state index contributed by atoms with van der Waals surface area (Å²) in [5.41, 5.74) is 0.991. The summed E-state index contributed by atoms with van der Waals surface area (Å²) in [7, 11) is 0. The van der Waals surface area contributed by atoms with Gasteiger partial charge in [0.1, 0.15) is 0 Å². The summed E-state index contributed by atoms with van der Waals surface area (Å²) in [6.45, 7) is 4.94. The molecule has 3 rings (SSSR count). The molecule has 1 aliphatic carbocycles. The molecule has 1 amide bonds. The van der Waals surface area contributed by atoms with Gasteiger partial charge >= 0.3 is 0 Å². The summed E-state index contributed by atoms with van der Waals surface area (Å²) in [5, 5.41) is 4.48. The van der Waals surface area contributed by atoms with Gasteiger partial charge in [0.05, 0.1) is 6.54 Å². The smallest absolute Gasteiger partial charge is 0.234 e. The number of benzene rings is 1. The molecule has 0 unspecified atom stereocenters. The second-order valence-electron chi connectivity index (χ2n) is 6.09. The second kappa shape index (κ2) is 7.18. The molecular formula is C16H21Cl2N3O. The van der Waals surface area contributed by atoms with Crippen molar-refractivity contribution in [2.75, 3.05) is 32.7 Å². The Hall–Kier alpha value is -0.810. The summed E-state index contributed by atoms with van der Waals surface area (Å²) >= 11 is 12.5. The topological polar surface area (TPSA) is 35.6 Å². The highest BCUT2D eigenvalue weighted by Gasteiger charge is 2.25. The Bertz CT molecular complexity index is 520. The number of nitrogens with zero attached hydrogens (tertiary/aromatic N) is 2. The van der Waals surface area contributed by atoms with E-state index in [-0.39, 0.29) is 5.91 Å². The Labute approximate surface area is 141 Å². The molecule has 0 bridgehead atoms. The first kappa shape index (κ1) is 16.1. The number of hydrogen-bond acceptors (Lipinski definition) is 3. The maximum Gasteiger partial charge on any atom is 0.234 e. The Morgan fingerprint density at radius 3 is 2.27 bits per heavy atom. The molecule has 2 aliphatic rings. The molecule has 2 fully saturated rings. The molecule has 120 valence electrons. The van der Waals surface area contributed by atoms with E-state index in [9.17, 15) is 4.79 Å². The van der Waals surface area contributed by atoms with E-state index in [1.807, 2.05) is 18.2 Å². The molecule has 1 aromatic rings. The lowest BCUT2D eigenvalue weighted by Gasteiger charge is -2.34. The fraction of sp³-hybridized carbons (Fsp3) is 0.562. The van der Waals surface area contributed by atoms with Crippen molar-refractivity contribution in [1.29, 1.82) is 0 Å². The van der Waals surface area contributed by atoms with E-state index in [2.05, 4.69) is 15.1 Å². The highest BCUT2D eigenvalue weighted by molar-refractivity contribution is 6.35. The summed E-state index contributed by atoms with van der Waals surface area (Å²) < 4.78 is 0. The van der Waals surface area contributed by atoms with Crippen molar-refractivity contribution in [3.05, 3.63) is 33.8 Å². The second-order valence-corrected chi connectivity index (χ2v) is 6.91. The molecule has 6 heteroatoms. The minimum absolute atomic E-state index is 0.157. The van der Waals surface area contributed by atoms with Crippen LogP contribution in [0.4, 0.5) is 0 Å². The Kier molecular flexibility index (Phi) is 5.24. The standard InChI is InChI=1S/C16H21Cl2N3O/c17-14-2-1-3-15(18)13(14)10-20-6-8-21(9-7-20)11-16(22)19-12-4-5-12/h1-3,12H,4-11H2,(H,19,22). The lowest BCUT2D eigenvalue weighted by atomic mass is 10.2. The molecule has 0 spiro atoms. The monoisotopic (exact) mass is 341 g/mol. The van der Waals surface area contributed by atoms with Gasteiger partial charge in [-0.1, -0.05) is 29.3 Å². The van der Waals surface area contributed by atoms with E-state index in [4.69, 9.17) is 23.2 Å². The van der Waals surface area contributed by atoms with Crippen LogP contribution in [0.5, 0.6) is 0 Å². The molecule has 1 heterocycles. The van der Waals surface area contributed by atoms with Gasteiger partial charge in [0, 0.05) is 54.4 Å². The van der Waals surface area contributed by atoms with E-state index >= 15 is 0 Å². The summed E-state index contributed by atoms with van der Waals surface area (Å²) in [6, 6.07) is 6.06. The van der Waals surface area contributed by atoms with E-state index < -0.39 is 0 Å². The average Bonchev–Trinajstić information content (AvgIpc) is 3.29. The van der Waals surface area contributed by atoms with Gasteiger partial charge in [0.2, 0.25) is 5.91 Å². The van der Waals surface area contributed by atoms with Crippen molar-refractivity contribution < 1.29 is 4.79 Å². The summed E-state index contributed by atoms with van der Waals surface area (Å²) in [5.74, 6) is 0.157. The zero-order chi connectivity index (χ0) is 15.5. The van der Waals surface area contributed by atoms with Gasteiger partial charge in [-0.15, -0.1) is 0 Å². The first-order valence-electron chi connectivity index (χ1n) is 7.79. The SMILES string of the molecule is O=C(CN1CCN(Cc2c(Cl)cccc2Cl)CC1)NC1CC1. The molecular weight excluding hydrogens is 321 g/mol. The molecule has 22 heavy (non-hydrogen) atoms. The molecule has 1 saturated heterocycles. The van der Waals surface area contributed by atoms with Gasteiger partial charge < -0.3 is 5.32 Å². The first-order chi connectivity index (χ1) is 10.6. The highest BCUT2D eigenvalue weighted by atomic mass is 35.5. The number of amides is 1.